The molecular formula is C22H30N2O2. The van der Waals surface area contributed by atoms with E-state index >= 15 is 0 Å². The molecule has 0 saturated heterocycles. The number of benzene rings is 2. The van der Waals surface area contributed by atoms with Gasteiger partial charge >= 0.3 is 0 Å². The summed E-state index contributed by atoms with van der Waals surface area (Å²) in [6, 6.07) is 15.8. The van der Waals surface area contributed by atoms with Crippen LogP contribution in [0, 0.1) is 0 Å². The van der Waals surface area contributed by atoms with Crippen molar-refractivity contribution in [2.24, 2.45) is 0 Å². The molecule has 0 aromatic heterocycles. The molecule has 0 aliphatic carbocycles. The van der Waals surface area contributed by atoms with Crippen molar-refractivity contribution in [3.8, 4) is 5.75 Å². The quantitative estimate of drug-likeness (QED) is 0.717. The number of rotatable bonds is 7. The highest BCUT2D eigenvalue weighted by Gasteiger charge is 2.13. The van der Waals surface area contributed by atoms with Crippen LogP contribution in [0.1, 0.15) is 46.6 Å². The Hall–Kier alpha value is -2.49. The molecule has 0 saturated carbocycles. The second-order valence-corrected chi connectivity index (χ2v) is 7.72. The van der Waals surface area contributed by atoms with Gasteiger partial charge < -0.3 is 15.4 Å². The smallest absolute Gasteiger partial charge is 0.226 e. The summed E-state index contributed by atoms with van der Waals surface area (Å²) >= 11 is 0. The van der Waals surface area contributed by atoms with Crippen LogP contribution in [0.3, 0.4) is 0 Å². The highest BCUT2D eigenvalue weighted by molar-refractivity contribution is 5.91. The number of ether oxygens (including phenoxy) is 1. The number of para-hydroxylation sites is 2. The number of hydrogen-bond donors (Lipinski definition) is 2. The van der Waals surface area contributed by atoms with Crippen LogP contribution in [0.25, 0.3) is 0 Å². The zero-order valence-corrected chi connectivity index (χ0v) is 16.4. The summed E-state index contributed by atoms with van der Waals surface area (Å²) < 4.78 is 5.77. The molecule has 0 atom stereocenters. The third-order valence-electron chi connectivity index (χ3n) is 3.95. The lowest BCUT2D eigenvalue weighted by Gasteiger charge is -2.19. The first kappa shape index (κ1) is 19.8. The van der Waals surface area contributed by atoms with Crippen molar-refractivity contribution in [3.05, 3.63) is 54.1 Å². The van der Waals surface area contributed by atoms with Gasteiger partial charge in [-0.25, -0.2) is 0 Å². The summed E-state index contributed by atoms with van der Waals surface area (Å²) in [5.74, 6) is 0.795. The molecule has 4 nitrogen and oxygen atoms in total. The van der Waals surface area contributed by atoms with E-state index in [9.17, 15) is 4.79 Å². The maximum atomic E-state index is 12.2. The second-order valence-electron chi connectivity index (χ2n) is 7.72. The zero-order chi connectivity index (χ0) is 19.2. The van der Waals surface area contributed by atoms with Crippen LogP contribution in [0.2, 0.25) is 0 Å². The molecule has 2 rings (SSSR count). The molecule has 0 unspecified atom stereocenters. The normalized spacial score (nSPS) is 11.3. The van der Waals surface area contributed by atoms with E-state index in [2.05, 4.69) is 43.5 Å². The first-order valence-corrected chi connectivity index (χ1v) is 9.15. The molecular weight excluding hydrogens is 324 g/mol. The monoisotopic (exact) mass is 354 g/mol. The summed E-state index contributed by atoms with van der Waals surface area (Å²) in [5, 5.41) is 6.22. The Labute approximate surface area is 157 Å². The molecule has 0 aliphatic heterocycles. The van der Waals surface area contributed by atoms with Gasteiger partial charge in [0.15, 0.2) is 0 Å². The first-order valence-electron chi connectivity index (χ1n) is 9.15. The first-order chi connectivity index (χ1) is 12.3. The number of amides is 1. The maximum absolute atomic E-state index is 12.2. The number of carbonyl (C=O) groups excluding carboxylic acids is 1. The molecule has 0 fully saturated rings. The number of carbonyl (C=O) groups is 1. The molecule has 26 heavy (non-hydrogen) atoms. The van der Waals surface area contributed by atoms with Crippen molar-refractivity contribution in [2.75, 3.05) is 17.2 Å². The second kappa shape index (κ2) is 8.75. The highest BCUT2D eigenvalue weighted by atomic mass is 16.5. The molecule has 0 spiro atoms. The SMILES string of the molecule is CC(C)Oc1ccccc1NCCC(=O)Nc1ccc(C(C)(C)C)cc1. The highest BCUT2D eigenvalue weighted by Crippen LogP contribution is 2.25. The summed E-state index contributed by atoms with van der Waals surface area (Å²) in [5.41, 5.74) is 3.09. The fourth-order valence-electron chi connectivity index (χ4n) is 2.56. The Balaban J connectivity index is 1.84. The molecule has 2 N–H and O–H groups in total. The molecule has 4 heteroatoms. The fourth-order valence-corrected chi connectivity index (χ4v) is 2.56. The van der Waals surface area contributed by atoms with Gasteiger partial charge in [-0.05, 0) is 49.1 Å². The Morgan fingerprint density at radius 3 is 2.31 bits per heavy atom. The summed E-state index contributed by atoms with van der Waals surface area (Å²) in [4.78, 5) is 12.2. The lowest BCUT2D eigenvalue weighted by atomic mass is 9.87. The van der Waals surface area contributed by atoms with Crippen molar-refractivity contribution in [1.82, 2.24) is 0 Å². The van der Waals surface area contributed by atoms with Crippen LogP contribution in [0.5, 0.6) is 5.75 Å². The predicted molar refractivity (Wildman–Crippen MR) is 109 cm³/mol. The van der Waals surface area contributed by atoms with E-state index < -0.39 is 0 Å². The van der Waals surface area contributed by atoms with Gasteiger partial charge in [-0.15, -0.1) is 0 Å². The van der Waals surface area contributed by atoms with Crippen molar-refractivity contribution in [2.45, 2.75) is 52.6 Å². The van der Waals surface area contributed by atoms with E-state index in [1.807, 2.05) is 50.2 Å². The molecule has 140 valence electrons. The van der Waals surface area contributed by atoms with Crippen LogP contribution in [-0.4, -0.2) is 18.6 Å². The van der Waals surface area contributed by atoms with Crippen molar-refractivity contribution >= 4 is 17.3 Å². The Kier molecular flexibility index (Phi) is 6.67. The molecule has 0 heterocycles. The number of nitrogens with one attached hydrogen (secondary N) is 2. The fraction of sp³-hybridized carbons (Fsp3) is 0.409. The van der Waals surface area contributed by atoms with Crippen molar-refractivity contribution in [1.29, 1.82) is 0 Å². The Morgan fingerprint density at radius 1 is 1.04 bits per heavy atom. The largest absolute Gasteiger partial charge is 0.489 e. The summed E-state index contributed by atoms with van der Waals surface area (Å²) in [6.07, 6.45) is 0.495. The molecule has 2 aromatic carbocycles. The average Bonchev–Trinajstić information content (AvgIpc) is 2.55. The lowest BCUT2D eigenvalue weighted by molar-refractivity contribution is -0.115. The minimum absolute atomic E-state index is 0.0109. The van der Waals surface area contributed by atoms with E-state index in [-0.39, 0.29) is 17.4 Å². The zero-order valence-electron chi connectivity index (χ0n) is 16.4. The predicted octanol–water partition coefficient (Wildman–Crippen LogP) is 5.21. The van der Waals surface area contributed by atoms with Crippen LogP contribution < -0.4 is 15.4 Å². The Morgan fingerprint density at radius 2 is 1.69 bits per heavy atom. The van der Waals surface area contributed by atoms with Gasteiger partial charge in [-0.2, -0.15) is 0 Å². The van der Waals surface area contributed by atoms with Crippen LogP contribution >= 0.6 is 0 Å². The summed E-state index contributed by atoms with van der Waals surface area (Å²) in [6.45, 7) is 11.1. The third-order valence-corrected chi connectivity index (χ3v) is 3.95. The Bertz CT molecular complexity index is 716. The van der Waals surface area contributed by atoms with E-state index in [1.165, 1.54) is 5.56 Å². The lowest BCUT2D eigenvalue weighted by Crippen LogP contribution is -2.17. The minimum atomic E-state index is -0.0109. The standard InChI is InChI=1S/C22H30N2O2/c1-16(2)26-20-9-7-6-8-19(20)23-15-14-21(25)24-18-12-10-17(11-13-18)22(3,4)5/h6-13,16,23H,14-15H2,1-5H3,(H,24,25). The topological polar surface area (TPSA) is 50.4 Å². The van der Waals surface area contributed by atoms with E-state index in [0.717, 1.165) is 17.1 Å². The van der Waals surface area contributed by atoms with Crippen molar-refractivity contribution < 1.29 is 9.53 Å². The van der Waals surface area contributed by atoms with Gasteiger partial charge in [0.1, 0.15) is 5.75 Å². The van der Waals surface area contributed by atoms with Gasteiger partial charge in [-0.3, -0.25) is 4.79 Å². The molecule has 0 radical (unpaired) electrons. The maximum Gasteiger partial charge on any atom is 0.226 e. The molecule has 1 amide bonds. The van der Waals surface area contributed by atoms with Gasteiger partial charge in [-0.1, -0.05) is 45.0 Å². The van der Waals surface area contributed by atoms with E-state index in [0.29, 0.717) is 13.0 Å². The average molecular weight is 354 g/mol. The van der Waals surface area contributed by atoms with Gasteiger partial charge in [0.25, 0.3) is 0 Å². The summed E-state index contributed by atoms with van der Waals surface area (Å²) in [7, 11) is 0. The van der Waals surface area contributed by atoms with E-state index in [1.54, 1.807) is 0 Å². The van der Waals surface area contributed by atoms with Crippen LogP contribution in [-0.2, 0) is 10.2 Å². The van der Waals surface area contributed by atoms with E-state index in [4.69, 9.17) is 4.74 Å². The van der Waals surface area contributed by atoms with Gasteiger partial charge in [0.05, 0.1) is 11.8 Å². The molecule has 0 aliphatic rings. The minimum Gasteiger partial charge on any atom is -0.489 e. The molecule has 2 aromatic rings. The van der Waals surface area contributed by atoms with Crippen LogP contribution in [0.4, 0.5) is 11.4 Å². The van der Waals surface area contributed by atoms with Crippen molar-refractivity contribution in [3.63, 3.8) is 0 Å². The third kappa shape index (κ3) is 6.10. The van der Waals surface area contributed by atoms with Gasteiger partial charge in [0, 0.05) is 18.7 Å². The number of hydrogen-bond acceptors (Lipinski definition) is 3. The van der Waals surface area contributed by atoms with Crippen LogP contribution in [0.15, 0.2) is 48.5 Å². The molecule has 0 bridgehead atoms. The van der Waals surface area contributed by atoms with Gasteiger partial charge in [0.2, 0.25) is 5.91 Å². The number of anilines is 2.